The van der Waals surface area contributed by atoms with Gasteiger partial charge in [-0.15, -0.1) is 11.3 Å². The Balaban J connectivity index is 1.15. The van der Waals surface area contributed by atoms with Crippen molar-refractivity contribution in [2.24, 2.45) is 0 Å². The quantitative estimate of drug-likeness (QED) is 0.841. The SMILES string of the molecule is c1cnc(N2CCN(C3CN(c4nc5c(s4)CCC5)C3)CC2)nc1. The Labute approximate surface area is 146 Å². The number of rotatable bonds is 3. The molecule has 5 rings (SSSR count). The van der Waals surface area contributed by atoms with E-state index in [9.17, 15) is 0 Å². The van der Waals surface area contributed by atoms with Crippen molar-refractivity contribution >= 4 is 22.4 Å². The van der Waals surface area contributed by atoms with Crippen LogP contribution in [0.25, 0.3) is 0 Å². The molecule has 6 nitrogen and oxygen atoms in total. The minimum absolute atomic E-state index is 0.683. The first-order chi connectivity index (χ1) is 11.9. The summed E-state index contributed by atoms with van der Waals surface area (Å²) in [6, 6.07) is 2.56. The number of hydrogen-bond acceptors (Lipinski definition) is 7. The normalized spacial score (nSPS) is 21.8. The lowest BCUT2D eigenvalue weighted by molar-refractivity contribution is 0.156. The molecule has 0 bridgehead atoms. The molecule has 7 heteroatoms. The monoisotopic (exact) mass is 342 g/mol. The van der Waals surface area contributed by atoms with Crippen LogP contribution in [0.4, 0.5) is 11.1 Å². The largest absolute Gasteiger partial charge is 0.345 e. The summed E-state index contributed by atoms with van der Waals surface area (Å²) in [5.74, 6) is 0.865. The van der Waals surface area contributed by atoms with Gasteiger partial charge in [0.2, 0.25) is 5.95 Å². The van der Waals surface area contributed by atoms with Crippen LogP contribution in [0.3, 0.4) is 0 Å². The number of nitrogens with zero attached hydrogens (tertiary/aromatic N) is 6. The molecule has 24 heavy (non-hydrogen) atoms. The number of anilines is 2. The van der Waals surface area contributed by atoms with Gasteiger partial charge in [-0.1, -0.05) is 0 Å². The highest BCUT2D eigenvalue weighted by Gasteiger charge is 2.35. The molecule has 0 saturated carbocycles. The summed E-state index contributed by atoms with van der Waals surface area (Å²) in [5.41, 5.74) is 1.37. The number of fused-ring (bicyclic) bond motifs is 1. The fourth-order valence-corrected chi connectivity index (χ4v) is 5.06. The average Bonchev–Trinajstić information content (AvgIpc) is 3.17. The fraction of sp³-hybridized carbons (Fsp3) is 0.588. The topological polar surface area (TPSA) is 48.4 Å². The molecule has 2 fully saturated rings. The smallest absolute Gasteiger partial charge is 0.225 e. The first-order valence-corrected chi connectivity index (χ1v) is 9.68. The zero-order valence-corrected chi connectivity index (χ0v) is 14.6. The van der Waals surface area contributed by atoms with Crippen molar-refractivity contribution in [3.05, 3.63) is 29.0 Å². The van der Waals surface area contributed by atoms with E-state index < -0.39 is 0 Å². The zero-order valence-electron chi connectivity index (χ0n) is 13.8. The van der Waals surface area contributed by atoms with E-state index >= 15 is 0 Å². The molecule has 0 aromatic carbocycles. The molecule has 2 aliphatic heterocycles. The Morgan fingerprint density at radius 1 is 0.958 bits per heavy atom. The van der Waals surface area contributed by atoms with E-state index in [1.165, 1.54) is 35.0 Å². The third-order valence-electron chi connectivity index (χ3n) is 5.38. The van der Waals surface area contributed by atoms with Gasteiger partial charge in [0.25, 0.3) is 0 Å². The molecule has 2 aromatic heterocycles. The summed E-state index contributed by atoms with van der Waals surface area (Å²) < 4.78 is 0. The van der Waals surface area contributed by atoms with Crippen molar-refractivity contribution < 1.29 is 0 Å². The molecule has 0 atom stereocenters. The molecule has 1 aliphatic carbocycles. The summed E-state index contributed by atoms with van der Waals surface area (Å²) in [4.78, 5) is 22.5. The van der Waals surface area contributed by atoms with Crippen molar-refractivity contribution in [1.29, 1.82) is 0 Å². The molecule has 3 aliphatic rings. The van der Waals surface area contributed by atoms with Gasteiger partial charge in [-0.05, 0) is 25.3 Å². The third kappa shape index (κ3) is 2.56. The number of aromatic nitrogens is 3. The molecule has 0 unspecified atom stereocenters. The second kappa shape index (κ2) is 5.97. The van der Waals surface area contributed by atoms with Crippen LogP contribution < -0.4 is 9.80 Å². The molecule has 2 saturated heterocycles. The molecule has 0 amide bonds. The molecule has 0 N–H and O–H groups in total. The van der Waals surface area contributed by atoms with Crippen molar-refractivity contribution in [2.45, 2.75) is 25.3 Å². The van der Waals surface area contributed by atoms with Crippen LogP contribution in [-0.2, 0) is 12.8 Å². The number of thiazole rings is 1. The van der Waals surface area contributed by atoms with Crippen LogP contribution >= 0.6 is 11.3 Å². The molecule has 126 valence electrons. The molecule has 4 heterocycles. The molecular formula is C17H22N6S. The minimum Gasteiger partial charge on any atom is -0.345 e. The average molecular weight is 342 g/mol. The molecular weight excluding hydrogens is 320 g/mol. The lowest BCUT2D eigenvalue weighted by Crippen LogP contribution is -2.63. The van der Waals surface area contributed by atoms with E-state index in [-0.39, 0.29) is 0 Å². The first-order valence-electron chi connectivity index (χ1n) is 8.86. The van der Waals surface area contributed by atoms with E-state index in [1.807, 2.05) is 29.8 Å². The first kappa shape index (κ1) is 14.6. The zero-order chi connectivity index (χ0) is 15.9. The van der Waals surface area contributed by atoms with Gasteiger partial charge in [0.1, 0.15) is 0 Å². The number of hydrogen-bond donors (Lipinski definition) is 0. The minimum atomic E-state index is 0.683. The van der Waals surface area contributed by atoms with E-state index in [4.69, 9.17) is 4.98 Å². The summed E-state index contributed by atoms with van der Waals surface area (Å²) in [5, 5.41) is 1.26. The van der Waals surface area contributed by atoms with E-state index in [0.29, 0.717) is 6.04 Å². The standard InChI is InChI=1S/C17H22N6S/c1-3-14-15(4-1)24-17(20-14)23-11-13(12-23)21-7-9-22(10-8-21)16-18-5-2-6-19-16/h2,5-6,13H,1,3-4,7-12H2. The van der Waals surface area contributed by atoms with Gasteiger partial charge in [0, 0.05) is 62.6 Å². The second-order valence-electron chi connectivity index (χ2n) is 6.85. The van der Waals surface area contributed by atoms with Crippen molar-refractivity contribution in [3.63, 3.8) is 0 Å². The molecule has 2 aromatic rings. The predicted octanol–water partition coefficient (Wildman–Crippen LogP) is 1.43. The predicted molar refractivity (Wildman–Crippen MR) is 96.0 cm³/mol. The van der Waals surface area contributed by atoms with Crippen molar-refractivity contribution in [1.82, 2.24) is 19.9 Å². The Morgan fingerprint density at radius 3 is 2.50 bits per heavy atom. The Morgan fingerprint density at radius 2 is 1.75 bits per heavy atom. The molecule has 0 spiro atoms. The van der Waals surface area contributed by atoms with Crippen LogP contribution in [0.5, 0.6) is 0 Å². The number of aryl methyl sites for hydroxylation is 2. The maximum absolute atomic E-state index is 4.85. The van der Waals surface area contributed by atoms with Crippen molar-refractivity contribution in [2.75, 3.05) is 49.1 Å². The summed E-state index contributed by atoms with van der Waals surface area (Å²) in [7, 11) is 0. The highest BCUT2D eigenvalue weighted by atomic mass is 32.1. The molecule has 0 radical (unpaired) electrons. The Hall–Kier alpha value is -1.73. The van der Waals surface area contributed by atoms with Crippen molar-refractivity contribution in [3.8, 4) is 0 Å². The van der Waals surface area contributed by atoms with Crippen LogP contribution in [0, 0.1) is 0 Å². The van der Waals surface area contributed by atoms with Crippen LogP contribution in [-0.4, -0.2) is 65.2 Å². The van der Waals surface area contributed by atoms with E-state index in [1.54, 1.807) is 0 Å². The summed E-state index contributed by atoms with van der Waals surface area (Å²) in [6.07, 6.45) is 7.38. The highest BCUT2D eigenvalue weighted by molar-refractivity contribution is 7.15. The highest BCUT2D eigenvalue weighted by Crippen LogP contribution is 2.35. The Bertz CT molecular complexity index is 682. The fourth-order valence-electron chi connectivity index (χ4n) is 3.90. The van der Waals surface area contributed by atoms with Gasteiger partial charge < -0.3 is 9.80 Å². The second-order valence-corrected chi connectivity index (χ2v) is 7.91. The summed E-state index contributed by atoms with van der Waals surface area (Å²) >= 11 is 1.92. The van der Waals surface area contributed by atoms with Gasteiger partial charge >= 0.3 is 0 Å². The van der Waals surface area contributed by atoms with Gasteiger partial charge in [-0.3, -0.25) is 4.90 Å². The van der Waals surface area contributed by atoms with Crippen LogP contribution in [0.15, 0.2) is 18.5 Å². The van der Waals surface area contributed by atoms with Gasteiger partial charge in [-0.2, -0.15) is 0 Å². The van der Waals surface area contributed by atoms with Gasteiger partial charge in [-0.25, -0.2) is 15.0 Å². The maximum Gasteiger partial charge on any atom is 0.225 e. The van der Waals surface area contributed by atoms with E-state index in [2.05, 4.69) is 24.7 Å². The van der Waals surface area contributed by atoms with E-state index in [0.717, 1.165) is 45.2 Å². The lowest BCUT2D eigenvalue weighted by atomic mass is 10.1. The van der Waals surface area contributed by atoms with Gasteiger partial charge in [0.15, 0.2) is 5.13 Å². The third-order valence-corrected chi connectivity index (χ3v) is 6.60. The lowest BCUT2D eigenvalue weighted by Gasteiger charge is -2.48. The van der Waals surface area contributed by atoms with Crippen LogP contribution in [0.2, 0.25) is 0 Å². The summed E-state index contributed by atoms with van der Waals surface area (Å²) in [6.45, 7) is 6.51. The van der Waals surface area contributed by atoms with Crippen LogP contribution in [0.1, 0.15) is 17.0 Å². The maximum atomic E-state index is 4.85. The number of piperazine rings is 1. The Kier molecular flexibility index (Phi) is 3.63. The van der Waals surface area contributed by atoms with Gasteiger partial charge in [0.05, 0.1) is 5.69 Å².